The van der Waals surface area contributed by atoms with Gasteiger partial charge in [-0.1, -0.05) is 129 Å². The minimum Gasteiger partial charge on any atom is -0.352 e. The second kappa shape index (κ2) is 20.8. The number of hydrogen-bond acceptors (Lipinski definition) is 4. The molecular weight excluding hydrogens is 436 g/mol. The number of hydrogen-bond donors (Lipinski definition) is 0. The summed E-state index contributed by atoms with van der Waals surface area (Å²) in [6, 6.07) is 0. The predicted molar refractivity (Wildman–Crippen MR) is 147 cm³/mol. The van der Waals surface area contributed by atoms with Crippen LogP contribution < -0.4 is 0 Å². The average Bonchev–Trinajstić information content (AvgIpc) is 2.88. The molecule has 0 aromatic heterocycles. The highest BCUT2D eigenvalue weighted by molar-refractivity contribution is 4.84. The first-order chi connectivity index (χ1) is 17.3. The van der Waals surface area contributed by atoms with E-state index in [2.05, 4.69) is 13.8 Å². The van der Waals surface area contributed by atoms with Crippen LogP contribution in [0, 0.1) is 5.41 Å². The third-order valence-corrected chi connectivity index (χ3v) is 7.89. The molecule has 208 valence electrons. The second-order valence-corrected chi connectivity index (χ2v) is 11.5. The third kappa shape index (κ3) is 15.0. The summed E-state index contributed by atoms with van der Waals surface area (Å²) < 4.78 is 24.3. The number of rotatable bonds is 22. The molecule has 35 heavy (non-hydrogen) atoms. The van der Waals surface area contributed by atoms with E-state index in [1.54, 1.807) is 0 Å². The molecule has 2 aliphatic rings. The Morgan fingerprint density at radius 1 is 0.400 bits per heavy atom. The van der Waals surface area contributed by atoms with Gasteiger partial charge in [0.05, 0.1) is 31.8 Å². The van der Waals surface area contributed by atoms with Crippen molar-refractivity contribution in [2.45, 2.75) is 168 Å². The Balaban J connectivity index is 1.38. The van der Waals surface area contributed by atoms with Crippen molar-refractivity contribution in [3.63, 3.8) is 0 Å². The van der Waals surface area contributed by atoms with Gasteiger partial charge in [-0.3, -0.25) is 0 Å². The molecule has 4 heteroatoms. The second-order valence-electron chi connectivity index (χ2n) is 11.5. The fourth-order valence-electron chi connectivity index (χ4n) is 5.36. The summed E-state index contributed by atoms with van der Waals surface area (Å²) in [4.78, 5) is 0. The van der Waals surface area contributed by atoms with Gasteiger partial charge in [0.25, 0.3) is 0 Å². The minimum atomic E-state index is -0.0947. The lowest BCUT2D eigenvalue weighted by Crippen LogP contribution is -2.52. The summed E-state index contributed by atoms with van der Waals surface area (Å²) in [7, 11) is 0. The molecule has 0 aromatic carbocycles. The maximum atomic E-state index is 6.07. The van der Waals surface area contributed by atoms with E-state index in [0.29, 0.717) is 26.4 Å². The van der Waals surface area contributed by atoms with Crippen LogP contribution in [-0.4, -0.2) is 39.0 Å². The van der Waals surface area contributed by atoms with Crippen LogP contribution in [0.4, 0.5) is 0 Å². The molecule has 0 bridgehead atoms. The van der Waals surface area contributed by atoms with Gasteiger partial charge in [0.15, 0.2) is 12.6 Å². The average molecular weight is 497 g/mol. The predicted octanol–water partition coefficient (Wildman–Crippen LogP) is 9.34. The summed E-state index contributed by atoms with van der Waals surface area (Å²) in [6.45, 7) is 7.40. The zero-order chi connectivity index (χ0) is 24.9. The Morgan fingerprint density at radius 2 is 0.657 bits per heavy atom. The van der Waals surface area contributed by atoms with Crippen LogP contribution in [0.15, 0.2) is 0 Å². The van der Waals surface area contributed by atoms with E-state index >= 15 is 0 Å². The molecule has 0 aromatic rings. The van der Waals surface area contributed by atoms with Gasteiger partial charge in [-0.2, -0.15) is 0 Å². The molecule has 0 aliphatic carbocycles. The number of ether oxygens (including phenoxy) is 4. The number of unbranched alkanes of at least 4 members (excludes halogenated alkanes) is 18. The molecule has 2 fully saturated rings. The van der Waals surface area contributed by atoms with Crippen LogP contribution in [0.1, 0.15) is 155 Å². The highest BCUT2D eigenvalue weighted by Crippen LogP contribution is 2.32. The quantitative estimate of drug-likeness (QED) is 0.140. The largest absolute Gasteiger partial charge is 0.352 e. The highest BCUT2D eigenvalue weighted by atomic mass is 16.7. The molecule has 2 rings (SSSR count). The van der Waals surface area contributed by atoms with Crippen molar-refractivity contribution in [3.05, 3.63) is 0 Å². The molecular formula is C31H60O4. The van der Waals surface area contributed by atoms with E-state index < -0.39 is 0 Å². The van der Waals surface area contributed by atoms with Gasteiger partial charge < -0.3 is 18.9 Å². The fourth-order valence-corrected chi connectivity index (χ4v) is 5.36. The zero-order valence-electron chi connectivity index (χ0n) is 23.7. The van der Waals surface area contributed by atoms with E-state index in [9.17, 15) is 0 Å². The van der Waals surface area contributed by atoms with Crippen molar-refractivity contribution in [2.75, 3.05) is 26.4 Å². The van der Waals surface area contributed by atoms with Crippen LogP contribution in [0.5, 0.6) is 0 Å². The molecule has 0 atom stereocenters. The van der Waals surface area contributed by atoms with E-state index in [0.717, 1.165) is 12.8 Å². The van der Waals surface area contributed by atoms with Crippen LogP contribution in [0.25, 0.3) is 0 Å². The first-order valence-corrected chi connectivity index (χ1v) is 15.7. The molecule has 1 spiro atoms. The normalized spacial score (nSPS) is 24.9. The first kappa shape index (κ1) is 31.1. The lowest BCUT2D eigenvalue weighted by Gasteiger charge is -2.43. The van der Waals surface area contributed by atoms with Gasteiger partial charge in [0.2, 0.25) is 0 Å². The van der Waals surface area contributed by atoms with Crippen LogP contribution >= 0.6 is 0 Å². The van der Waals surface area contributed by atoms with Crippen molar-refractivity contribution < 1.29 is 18.9 Å². The topological polar surface area (TPSA) is 36.9 Å². The van der Waals surface area contributed by atoms with Gasteiger partial charge in [0.1, 0.15) is 0 Å². The lowest BCUT2D eigenvalue weighted by molar-refractivity contribution is -0.304. The van der Waals surface area contributed by atoms with Crippen LogP contribution in [-0.2, 0) is 18.9 Å². The molecule has 4 nitrogen and oxygen atoms in total. The van der Waals surface area contributed by atoms with Gasteiger partial charge in [-0.25, -0.2) is 0 Å². The Hall–Kier alpha value is -0.160. The highest BCUT2D eigenvalue weighted by Gasteiger charge is 2.41. The maximum Gasteiger partial charge on any atom is 0.157 e. The molecule has 0 unspecified atom stereocenters. The fraction of sp³-hybridized carbons (Fsp3) is 1.00. The molecule has 2 aliphatic heterocycles. The molecule has 2 heterocycles. The Bertz CT molecular complexity index is 407. The van der Waals surface area contributed by atoms with Gasteiger partial charge in [-0.05, 0) is 25.7 Å². The molecule has 2 saturated heterocycles. The molecule has 0 radical (unpaired) electrons. The first-order valence-electron chi connectivity index (χ1n) is 15.7. The van der Waals surface area contributed by atoms with Crippen molar-refractivity contribution in [1.29, 1.82) is 0 Å². The SMILES string of the molecule is CCCCCCCCCCCCC1OCC2(CO1)COC(CCCCCCCCCCCC)OC2. The van der Waals surface area contributed by atoms with Gasteiger partial charge in [-0.15, -0.1) is 0 Å². The van der Waals surface area contributed by atoms with Crippen molar-refractivity contribution in [3.8, 4) is 0 Å². The summed E-state index contributed by atoms with van der Waals surface area (Å²) >= 11 is 0. The summed E-state index contributed by atoms with van der Waals surface area (Å²) in [5.41, 5.74) is -0.0947. The maximum absolute atomic E-state index is 6.07. The van der Waals surface area contributed by atoms with Crippen LogP contribution in [0.3, 0.4) is 0 Å². The van der Waals surface area contributed by atoms with E-state index in [4.69, 9.17) is 18.9 Å². The minimum absolute atomic E-state index is 0.0287. The Labute approximate surface area is 218 Å². The molecule has 0 amide bonds. The van der Waals surface area contributed by atoms with E-state index in [1.807, 2.05) is 0 Å². The van der Waals surface area contributed by atoms with Crippen molar-refractivity contribution in [2.24, 2.45) is 5.41 Å². The monoisotopic (exact) mass is 496 g/mol. The van der Waals surface area contributed by atoms with Crippen molar-refractivity contribution in [1.82, 2.24) is 0 Å². The van der Waals surface area contributed by atoms with Crippen molar-refractivity contribution >= 4 is 0 Å². The van der Waals surface area contributed by atoms with Gasteiger partial charge >= 0.3 is 0 Å². The van der Waals surface area contributed by atoms with E-state index in [-0.39, 0.29) is 18.0 Å². The summed E-state index contributed by atoms with van der Waals surface area (Å²) in [5.74, 6) is 0. The summed E-state index contributed by atoms with van der Waals surface area (Å²) in [6.07, 6.45) is 29.3. The smallest absolute Gasteiger partial charge is 0.157 e. The third-order valence-electron chi connectivity index (χ3n) is 7.89. The van der Waals surface area contributed by atoms with Gasteiger partial charge in [0, 0.05) is 0 Å². The summed E-state index contributed by atoms with van der Waals surface area (Å²) in [5, 5.41) is 0. The Morgan fingerprint density at radius 3 is 0.943 bits per heavy atom. The van der Waals surface area contributed by atoms with E-state index in [1.165, 1.54) is 128 Å². The molecule has 0 saturated carbocycles. The zero-order valence-corrected chi connectivity index (χ0v) is 23.7. The van der Waals surface area contributed by atoms with Crippen LogP contribution in [0.2, 0.25) is 0 Å². The standard InChI is InChI=1S/C31H60O4/c1-3-5-7-9-11-13-15-17-19-21-23-29-32-25-31(26-33-29)27-34-30(35-28-31)24-22-20-18-16-14-12-10-8-6-4-2/h29-30H,3-28H2,1-2H3. The lowest BCUT2D eigenvalue weighted by atomic mass is 9.90. The molecule has 0 N–H and O–H groups in total. The Kier molecular flexibility index (Phi) is 18.5.